The summed E-state index contributed by atoms with van der Waals surface area (Å²) in [5.74, 6) is 2.85. The van der Waals surface area contributed by atoms with E-state index in [4.69, 9.17) is 0 Å². The number of nitrogens with zero attached hydrogens (tertiary/aromatic N) is 3. The highest BCUT2D eigenvalue weighted by molar-refractivity contribution is 5.58. The van der Waals surface area contributed by atoms with Crippen LogP contribution in [0.5, 0.6) is 0 Å². The second-order valence-electron chi connectivity index (χ2n) is 5.42. The molecule has 5 nitrogen and oxygen atoms in total. The number of imidazole rings is 1. The van der Waals surface area contributed by atoms with Crippen molar-refractivity contribution in [2.24, 2.45) is 0 Å². The highest BCUT2D eigenvalue weighted by atomic mass is 15.1. The Labute approximate surface area is 129 Å². The van der Waals surface area contributed by atoms with Gasteiger partial charge in [0.25, 0.3) is 0 Å². The minimum absolute atomic E-state index is 0.315. The molecule has 0 amide bonds. The lowest BCUT2D eigenvalue weighted by atomic mass is 10.2. The first-order valence-corrected chi connectivity index (χ1v) is 7.38. The third kappa shape index (κ3) is 3.31. The van der Waals surface area contributed by atoms with Gasteiger partial charge in [-0.1, -0.05) is 44.2 Å². The van der Waals surface area contributed by atoms with Crippen molar-refractivity contribution in [1.29, 1.82) is 0 Å². The number of hydrogen-bond acceptors (Lipinski definition) is 4. The van der Waals surface area contributed by atoms with Crippen LogP contribution in [-0.2, 0) is 6.54 Å². The molecule has 22 heavy (non-hydrogen) atoms. The summed E-state index contributed by atoms with van der Waals surface area (Å²) >= 11 is 0. The van der Waals surface area contributed by atoms with Crippen LogP contribution in [-0.4, -0.2) is 19.9 Å². The van der Waals surface area contributed by atoms with Crippen molar-refractivity contribution in [1.82, 2.24) is 19.9 Å². The van der Waals surface area contributed by atoms with Gasteiger partial charge in [-0.15, -0.1) is 0 Å². The lowest BCUT2D eigenvalue weighted by molar-refractivity contribution is 0.773. The maximum Gasteiger partial charge on any atom is 0.133 e. The first kappa shape index (κ1) is 14.3. The van der Waals surface area contributed by atoms with Crippen LogP contribution < -0.4 is 5.32 Å². The van der Waals surface area contributed by atoms with Gasteiger partial charge in [0, 0.05) is 12.1 Å². The van der Waals surface area contributed by atoms with Crippen molar-refractivity contribution >= 4 is 5.82 Å². The molecule has 0 spiro atoms. The number of aromatic nitrogens is 4. The molecule has 0 saturated heterocycles. The van der Waals surface area contributed by atoms with E-state index in [1.165, 1.54) is 0 Å². The van der Waals surface area contributed by atoms with E-state index in [1.807, 2.05) is 30.5 Å². The number of anilines is 1. The second-order valence-corrected chi connectivity index (χ2v) is 5.42. The first-order valence-electron chi connectivity index (χ1n) is 7.38. The van der Waals surface area contributed by atoms with Gasteiger partial charge in [-0.05, 0) is 11.6 Å². The largest absolute Gasteiger partial charge is 0.363 e. The summed E-state index contributed by atoms with van der Waals surface area (Å²) in [5.41, 5.74) is 2.15. The molecule has 0 aliphatic carbocycles. The van der Waals surface area contributed by atoms with Gasteiger partial charge in [0.05, 0.1) is 18.4 Å². The Bertz CT molecular complexity index is 734. The normalized spacial score (nSPS) is 10.9. The van der Waals surface area contributed by atoms with Crippen LogP contribution in [0.15, 0.2) is 48.8 Å². The zero-order valence-corrected chi connectivity index (χ0v) is 12.7. The van der Waals surface area contributed by atoms with Crippen LogP contribution in [0.4, 0.5) is 5.82 Å². The topological polar surface area (TPSA) is 66.5 Å². The molecule has 0 bridgehead atoms. The van der Waals surface area contributed by atoms with Gasteiger partial charge in [0.2, 0.25) is 0 Å². The monoisotopic (exact) mass is 293 g/mol. The second kappa shape index (κ2) is 6.39. The van der Waals surface area contributed by atoms with Crippen LogP contribution in [0.25, 0.3) is 11.3 Å². The SMILES string of the molecule is CC(C)c1nccc(NCc2ncc(-c3ccccc3)[nH]2)n1. The molecule has 3 rings (SSSR count). The molecule has 0 atom stereocenters. The summed E-state index contributed by atoms with van der Waals surface area (Å²) < 4.78 is 0. The number of benzene rings is 1. The van der Waals surface area contributed by atoms with E-state index >= 15 is 0 Å². The molecule has 3 aromatic rings. The molecule has 0 unspecified atom stereocenters. The molecule has 1 aromatic carbocycles. The fourth-order valence-electron chi connectivity index (χ4n) is 2.14. The summed E-state index contributed by atoms with van der Waals surface area (Å²) in [6.07, 6.45) is 3.63. The van der Waals surface area contributed by atoms with Crippen molar-refractivity contribution in [3.63, 3.8) is 0 Å². The van der Waals surface area contributed by atoms with Crippen LogP contribution in [0.2, 0.25) is 0 Å². The average molecular weight is 293 g/mol. The van der Waals surface area contributed by atoms with Crippen molar-refractivity contribution < 1.29 is 0 Å². The maximum absolute atomic E-state index is 4.49. The Kier molecular flexibility index (Phi) is 4.14. The van der Waals surface area contributed by atoms with E-state index in [9.17, 15) is 0 Å². The van der Waals surface area contributed by atoms with Crippen molar-refractivity contribution in [3.05, 3.63) is 60.4 Å². The molecule has 112 valence electrons. The summed E-state index contributed by atoms with van der Waals surface area (Å²) in [4.78, 5) is 16.5. The Morgan fingerprint density at radius 2 is 1.91 bits per heavy atom. The number of hydrogen-bond donors (Lipinski definition) is 2. The van der Waals surface area contributed by atoms with E-state index in [2.05, 4.69) is 51.2 Å². The van der Waals surface area contributed by atoms with E-state index in [-0.39, 0.29) is 0 Å². The number of H-pyrrole nitrogens is 1. The van der Waals surface area contributed by atoms with Gasteiger partial charge >= 0.3 is 0 Å². The van der Waals surface area contributed by atoms with Gasteiger partial charge in [0.15, 0.2) is 0 Å². The fraction of sp³-hybridized carbons (Fsp3) is 0.235. The maximum atomic E-state index is 4.49. The van der Waals surface area contributed by atoms with Gasteiger partial charge in [-0.2, -0.15) is 0 Å². The van der Waals surface area contributed by atoms with Gasteiger partial charge in [-0.25, -0.2) is 15.0 Å². The fourth-order valence-corrected chi connectivity index (χ4v) is 2.14. The quantitative estimate of drug-likeness (QED) is 0.754. The standard InChI is InChI=1S/C17H19N5/c1-12(2)17-18-9-8-15(22-17)20-11-16-19-10-14(21-16)13-6-4-3-5-7-13/h3-10,12H,11H2,1-2H3,(H,19,21)(H,18,20,22). The molecule has 2 N–H and O–H groups in total. The number of rotatable bonds is 5. The van der Waals surface area contributed by atoms with Gasteiger partial charge in [-0.3, -0.25) is 0 Å². The molecule has 0 saturated carbocycles. The first-order chi connectivity index (χ1) is 10.7. The molecule has 0 aliphatic rings. The van der Waals surface area contributed by atoms with Crippen molar-refractivity contribution in [3.8, 4) is 11.3 Å². The molecule has 0 fully saturated rings. The number of aromatic amines is 1. The molecule has 2 heterocycles. The summed E-state index contributed by atoms with van der Waals surface area (Å²) in [7, 11) is 0. The van der Waals surface area contributed by atoms with Crippen LogP contribution in [0, 0.1) is 0 Å². The minimum Gasteiger partial charge on any atom is -0.363 e. The summed E-state index contributed by atoms with van der Waals surface area (Å²) in [6, 6.07) is 12.0. The Hall–Kier alpha value is -2.69. The van der Waals surface area contributed by atoms with E-state index in [0.717, 1.165) is 28.7 Å². The predicted molar refractivity (Wildman–Crippen MR) is 87.5 cm³/mol. The lowest BCUT2D eigenvalue weighted by Crippen LogP contribution is -2.06. The van der Waals surface area contributed by atoms with E-state index < -0.39 is 0 Å². The number of nitrogens with one attached hydrogen (secondary N) is 2. The van der Waals surface area contributed by atoms with Crippen LogP contribution >= 0.6 is 0 Å². The third-order valence-electron chi connectivity index (χ3n) is 3.34. The highest BCUT2D eigenvalue weighted by Gasteiger charge is 2.05. The lowest BCUT2D eigenvalue weighted by Gasteiger charge is -2.07. The van der Waals surface area contributed by atoms with Gasteiger partial charge in [0.1, 0.15) is 17.5 Å². The smallest absolute Gasteiger partial charge is 0.133 e. The van der Waals surface area contributed by atoms with Crippen LogP contribution in [0.1, 0.15) is 31.4 Å². The zero-order valence-electron chi connectivity index (χ0n) is 12.7. The van der Waals surface area contributed by atoms with E-state index in [1.54, 1.807) is 6.20 Å². The van der Waals surface area contributed by atoms with Crippen molar-refractivity contribution in [2.75, 3.05) is 5.32 Å². The Morgan fingerprint density at radius 1 is 1.09 bits per heavy atom. The van der Waals surface area contributed by atoms with Gasteiger partial charge < -0.3 is 10.3 Å². The van der Waals surface area contributed by atoms with Crippen molar-refractivity contribution in [2.45, 2.75) is 26.3 Å². The van der Waals surface area contributed by atoms with E-state index in [0.29, 0.717) is 12.5 Å². The predicted octanol–water partition coefficient (Wildman–Crippen LogP) is 3.60. The molecule has 0 aliphatic heterocycles. The molecule has 5 heteroatoms. The third-order valence-corrected chi connectivity index (χ3v) is 3.34. The summed E-state index contributed by atoms with van der Waals surface area (Å²) in [5, 5.41) is 3.28. The Balaban J connectivity index is 1.67. The highest BCUT2D eigenvalue weighted by Crippen LogP contribution is 2.16. The average Bonchev–Trinajstić information content (AvgIpc) is 3.03. The zero-order chi connectivity index (χ0) is 15.4. The Morgan fingerprint density at radius 3 is 2.68 bits per heavy atom. The molecule has 0 radical (unpaired) electrons. The van der Waals surface area contributed by atoms with Crippen LogP contribution in [0.3, 0.4) is 0 Å². The molecular formula is C17H19N5. The molecule has 2 aromatic heterocycles. The molecular weight excluding hydrogens is 274 g/mol. The summed E-state index contributed by atoms with van der Waals surface area (Å²) in [6.45, 7) is 4.76. The minimum atomic E-state index is 0.315.